The van der Waals surface area contributed by atoms with Crippen molar-refractivity contribution >= 4 is 46.0 Å². The van der Waals surface area contributed by atoms with Gasteiger partial charge in [0.05, 0.1) is 6.54 Å². The molecule has 0 atom stereocenters. The van der Waals surface area contributed by atoms with Crippen molar-refractivity contribution in [1.82, 2.24) is 0 Å². The van der Waals surface area contributed by atoms with Crippen LogP contribution in [0.5, 0.6) is 0 Å². The largest absolute Gasteiger partial charge is 0.389 e. The van der Waals surface area contributed by atoms with Crippen LogP contribution >= 0.6 is 35.3 Å². The lowest BCUT2D eigenvalue weighted by Crippen LogP contribution is -2.21. The number of nitrogens with two attached hydrogens (primary N) is 1. The van der Waals surface area contributed by atoms with E-state index in [-0.39, 0.29) is 0 Å². The molecule has 0 unspecified atom stereocenters. The first-order valence-electron chi connectivity index (χ1n) is 5.83. The Kier molecular flexibility index (Phi) is 4.85. The second kappa shape index (κ2) is 6.41. The summed E-state index contributed by atoms with van der Waals surface area (Å²) in [6.45, 7) is 0.866. The van der Waals surface area contributed by atoms with E-state index in [1.165, 1.54) is 4.88 Å². The van der Waals surface area contributed by atoms with Gasteiger partial charge in [0, 0.05) is 28.1 Å². The quantitative estimate of drug-likeness (QED) is 0.673. The Bertz CT molecular complexity index is 564. The Balaban J connectivity index is 2.35. The van der Waals surface area contributed by atoms with Crippen molar-refractivity contribution in [1.29, 1.82) is 0 Å². The van der Waals surface area contributed by atoms with Gasteiger partial charge in [0.2, 0.25) is 0 Å². The molecule has 0 aliphatic carbocycles. The molecule has 0 fully saturated rings. The summed E-state index contributed by atoms with van der Waals surface area (Å²) in [5.41, 5.74) is 7.96. The maximum Gasteiger partial charge on any atom is 0.107 e. The third-order valence-electron chi connectivity index (χ3n) is 2.85. The van der Waals surface area contributed by atoms with Gasteiger partial charge < -0.3 is 10.6 Å². The lowest BCUT2D eigenvalue weighted by Gasteiger charge is -2.23. The average Bonchev–Trinajstić information content (AvgIpc) is 2.90. The summed E-state index contributed by atoms with van der Waals surface area (Å²) in [6, 6.07) is 10.4. The maximum atomic E-state index is 5.90. The molecule has 5 heteroatoms. The van der Waals surface area contributed by atoms with Crippen LogP contribution in [-0.2, 0) is 6.54 Å². The van der Waals surface area contributed by atoms with E-state index in [2.05, 4.69) is 41.6 Å². The Morgan fingerprint density at radius 2 is 2.16 bits per heavy atom. The molecular weight excluding hydrogens is 292 g/mol. The predicted octanol–water partition coefficient (Wildman–Crippen LogP) is 3.74. The molecule has 0 saturated heterocycles. The van der Waals surface area contributed by atoms with E-state index in [0.717, 1.165) is 22.7 Å². The van der Waals surface area contributed by atoms with Crippen LogP contribution in [0.15, 0.2) is 40.6 Å². The molecule has 0 aliphatic rings. The molecule has 19 heavy (non-hydrogen) atoms. The Morgan fingerprint density at radius 1 is 1.37 bits per heavy atom. The van der Waals surface area contributed by atoms with Crippen LogP contribution in [0.3, 0.4) is 0 Å². The minimum atomic E-state index is 0.456. The number of thiophene rings is 1. The highest BCUT2D eigenvalue weighted by Gasteiger charge is 2.14. The third-order valence-corrected chi connectivity index (χ3v) is 4.70. The van der Waals surface area contributed by atoms with Crippen LogP contribution in [0.25, 0.3) is 0 Å². The molecule has 2 rings (SSSR count). The minimum Gasteiger partial charge on any atom is -0.389 e. The number of thioether (sulfide) groups is 1. The Morgan fingerprint density at radius 3 is 2.74 bits per heavy atom. The van der Waals surface area contributed by atoms with Gasteiger partial charge >= 0.3 is 0 Å². The molecule has 100 valence electrons. The number of anilines is 1. The average molecular weight is 308 g/mol. The van der Waals surface area contributed by atoms with Gasteiger partial charge in [0.25, 0.3) is 0 Å². The predicted molar refractivity (Wildman–Crippen MR) is 90.5 cm³/mol. The number of nitrogens with zero attached hydrogens (tertiary/aromatic N) is 1. The number of hydrogen-bond donors (Lipinski definition) is 1. The summed E-state index contributed by atoms with van der Waals surface area (Å²) in [7, 11) is 2.07. The fraction of sp³-hybridized carbons (Fsp3) is 0.214. The Labute approximate surface area is 127 Å². The lowest BCUT2D eigenvalue weighted by molar-refractivity contribution is 0.935. The highest BCUT2D eigenvalue weighted by molar-refractivity contribution is 7.98. The van der Waals surface area contributed by atoms with Crippen molar-refractivity contribution < 1.29 is 0 Å². The summed E-state index contributed by atoms with van der Waals surface area (Å²) in [6.07, 6.45) is 2.04. The van der Waals surface area contributed by atoms with Crippen LogP contribution in [0.1, 0.15) is 10.4 Å². The van der Waals surface area contributed by atoms with Crippen molar-refractivity contribution in [3.63, 3.8) is 0 Å². The summed E-state index contributed by atoms with van der Waals surface area (Å²) >= 11 is 8.64. The van der Waals surface area contributed by atoms with Gasteiger partial charge in [-0.15, -0.1) is 23.1 Å². The highest BCUT2D eigenvalue weighted by atomic mass is 32.2. The van der Waals surface area contributed by atoms with Gasteiger partial charge in [-0.25, -0.2) is 0 Å². The van der Waals surface area contributed by atoms with Crippen molar-refractivity contribution in [3.8, 4) is 0 Å². The van der Waals surface area contributed by atoms with Crippen molar-refractivity contribution in [2.45, 2.75) is 11.4 Å². The third kappa shape index (κ3) is 3.29. The molecule has 1 aromatic carbocycles. The van der Waals surface area contributed by atoms with Crippen LogP contribution in [0.4, 0.5) is 5.69 Å². The molecule has 0 aliphatic heterocycles. The SMILES string of the molecule is CSc1cccc(N(C)Cc2cccs2)c1C(N)=S. The molecular formula is C14H16N2S3. The van der Waals surface area contributed by atoms with Gasteiger partial charge in [-0.2, -0.15) is 0 Å². The van der Waals surface area contributed by atoms with Crippen molar-refractivity contribution in [3.05, 3.63) is 46.2 Å². The molecule has 0 saturated carbocycles. The van der Waals surface area contributed by atoms with Crippen LogP contribution in [0, 0.1) is 0 Å². The molecule has 0 bridgehead atoms. The monoisotopic (exact) mass is 308 g/mol. The molecule has 0 radical (unpaired) electrons. The van der Waals surface area contributed by atoms with Crippen LogP contribution in [0.2, 0.25) is 0 Å². The van der Waals surface area contributed by atoms with Gasteiger partial charge in [-0.05, 0) is 29.8 Å². The van der Waals surface area contributed by atoms with Crippen LogP contribution in [-0.4, -0.2) is 18.3 Å². The molecule has 0 amide bonds. The molecule has 2 N–H and O–H groups in total. The second-order valence-electron chi connectivity index (χ2n) is 4.15. The highest BCUT2D eigenvalue weighted by Crippen LogP contribution is 2.30. The smallest absolute Gasteiger partial charge is 0.107 e. The summed E-state index contributed by atoms with van der Waals surface area (Å²) in [5, 5.41) is 2.09. The number of rotatable bonds is 5. The number of benzene rings is 1. The van der Waals surface area contributed by atoms with E-state index in [1.54, 1.807) is 23.1 Å². The molecule has 2 aromatic rings. The summed E-state index contributed by atoms with van der Waals surface area (Å²) in [5.74, 6) is 0. The molecule has 1 aromatic heterocycles. The first-order valence-corrected chi connectivity index (χ1v) is 8.35. The fourth-order valence-corrected chi connectivity index (χ4v) is 3.65. The minimum absolute atomic E-state index is 0.456. The summed E-state index contributed by atoms with van der Waals surface area (Å²) in [4.78, 5) is 5.10. The lowest BCUT2D eigenvalue weighted by atomic mass is 10.1. The van der Waals surface area contributed by atoms with Gasteiger partial charge in [0.1, 0.15) is 4.99 Å². The molecule has 0 spiro atoms. The zero-order chi connectivity index (χ0) is 13.8. The van der Waals surface area contributed by atoms with Crippen LogP contribution < -0.4 is 10.6 Å². The first-order chi connectivity index (χ1) is 9.13. The van der Waals surface area contributed by atoms with E-state index < -0.39 is 0 Å². The summed E-state index contributed by atoms with van der Waals surface area (Å²) < 4.78 is 0. The number of thiocarbonyl (C=S) groups is 1. The second-order valence-corrected chi connectivity index (χ2v) is 6.47. The van der Waals surface area contributed by atoms with E-state index in [0.29, 0.717) is 4.99 Å². The zero-order valence-corrected chi connectivity index (χ0v) is 13.4. The van der Waals surface area contributed by atoms with E-state index in [4.69, 9.17) is 18.0 Å². The Hall–Kier alpha value is -1.04. The standard InChI is InChI=1S/C14H16N2S3/c1-16(9-10-5-4-8-19-10)11-6-3-7-12(18-2)13(11)14(15)17/h3-8H,9H2,1-2H3,(H2,15,17). The maximum absolute atomic E-state index is 5.90. The zero-order valence-electron chi connectivity index (χ0n) is 10.9. The van der Waals surface area contributed by atoms with Gasteiger partial charge in [-0.3, -0.25) is 0 Å². The van der Waals surface area contributed by atoms with E-state index >= 15 is 0 Å². The topological polar surface area (TPSA) is 29.3 Å². The van der Waals surface area contributed by atoms with E-state index in [9.17, 15) is 0 Å². The number of hydrogen-bond acceptors (Lipinski definition) is 4. The normalized spacial score (nSPS) is 10.4. The fourth-order valence-electron chi connectivity index (χ4n) is 1.98. The van der Waals surface area contributed by atoms with Crippen molar-refractivity contribution in [2.75, 3.05) is 18.2 Å². The van der Waals surface area contributed by atoms with Gasteiger partial charge in [0.15, 0.2) is 0 Å². The first kappa shape index (κ1) is 14.4. The molecule has 1 heterocycles. The molecule has 2 nitrogen and oxygen atoms in total. The van der Waals surface area contributed by atoms with Crippen molar-refractivity contribution in [2.24, 2.45) is 5.73 Å². The van der Waals surface area contributed by atoms with Gasteiger partial charge in [-0.1, -0.05) is 24.4 Å². The van der Waals surface area contributed by atoms with E-state index in [1.807, 2.05) is 12.3 Å².